The summed E-state index contributed by atoms with van der Waals surface area (Å²) in [6, 6.07) is 10.0. The fraction of sp³-hybridized carbons (Fsp3) is 0.188. The molecule has 3 nitrogen and oxygen atoms in total. The SMILES string of the molecule is Nc1c(C(=O)N2CCc3sccc3C2)sc2ccccc12. The average molecular weight is 314 g/mol. The van der Waals surface area contributed by atoms with Gasteiger partial charge in [0, 0.05) is 28.1 Å². The van der Waals surface area contributed by atoms with Crippen molar-refractivity contribution in [2.24, 2.45) is 0 Å². The zero-order valence-corrected chi connectivity index (χ0v) is 13.0. The van der Waals surface area contributed by atoms with Crippen LogP contribution in [0.2, 0.25) is 0 Å². The lowest BCUT2D eigenvalue weighted by Gasteiger charge is -2.26. The van der Waals surface area contributed by atoms with Gasteiger partial charge >= 0.3 is 0 Å². The monoisotopic (exact) mass is 314 g/mol. The van der Waals surface area contributed by atoms with Crippen molar-refractivity contribution in [2.75, 3.05) is 12.3 Å². The van der Waals surface area contributed by atoms with Gasteiger partial charge in [0.2, 0.25) is 0 Å². The molecule has 0 bridgehead atoms. The average Bonchev–Trinajstić information content (AvgIpc) is 3.11. The number of hydrogen-bond donors (Lipinski definition) is 1. The first-order valence-electron chi connectivity index (χ1n) is 6.85. The number of nitrogens with zero attached hydrogens (tertiary/aromatic N) is 1. The number of nitrogen functional groups attached to an aromatic ring is 1. The van der Waals surface area contributed by atoms with Gasteiger partial charge < -0.3 is 10.6 Å². The largest absolute Gasteiger partial charge is 0.397 e. The van der Waals surface area contributed by atoms with Gasteiger partial charge in [-0.05, 0) is 29.5 Å². The molecule has 0 aliphatic carbocycles. The number of anilines is 1. The van der Waals surface area contributed by atoms with Crippen LogP contribution in [0.1, 0.15) is 20.1 Å². The summed E-state index contributed by atoms with van der Waals surface area (Å²) in [5.41, 5.74) is 8.09. The predicted molar refractivity (Wildman–Crippen MR) is 89.0 cm³/mol. The van der Waals surface area contributed by atoms with Gasteiger partial charge in [-0.2, -0.15) is 0 Å². The van der Waals surface area contributed by atoms with Gasteiger partial charge in [0.05, 0.1) is 5.69 Å². The normalized spacial score (nSPS) is 14.4. The van der Waals surface area contributed by atoms with E-state index in [2.05, 4.69) is 11.4 Å². The molecule has 5 heteroatoms. The van der Waals surface area contributed by atoms with Gasteiger partial charge in [-0.15, -0.1) is 22.7 Å². The van der Waals surface area contributed by atoms with E-state index >= 15 is 0 Å². The van der Waals surface area contributed by atoms with Crippen molar-refractivity contribution in [2.45, 2.75) is 13.0 Å². The van der Waals surface area contributed by atoms with Gasteiger partial charge in [0.1, 0.15) is 4.88 Å². The summed E-state index contributed by atoms with van der Waals surface area (Å²) in [6.45, 7) is 1.48. The molecule has 2 N–H and O–H groups in total. The molecular formula is C16H14N2OS2. The first kappa shape index (κ1) is 12.9. The smallest absolute Gasteiger partial charge is 0.266 e. The van der Waals surface area contributed by atoms with Crippen LogP contribution in [0.5, 0.6) is 0 Å². The number of amides is 1. The second-order valence-electron chi connectivity index (χ2n) is 5.19. The number of benzene rings is 1. The molecule has 106 valence electrons. The zero-order chi connectivity index (χ0) is 14.4. The van der Waals surface area contributed by atoms with Crippen LogP contribution in [-0.2, 0) is 13.0 Å². The zero-order valence-electron chi connectivity index (χ0n) is 11.3. The van der Waals surface area contributed by atoms with Gasteiger partial charge in [-0.25, -0.2) is 0 Å². The predicted octanol–water partition coefficient (Wildman–Crippen LogP) is 3.74. The van der Waals surface area contributed by atoms with Crippen molar-refractivity contribution in [1.82, 2.24) is 4.90 Å². The highest BCUT2D eigenvalue weighted by Gasteiger charge is 2.25. The highest BCUT2D eigenvalue weighted by molar-refractivity contribution is 7.21. The number of carbonyl (C=O) groups excluding carboxylic acids is 1. The van der Waals surface area contributed by atoms with E-state index < -0.39 is 0 Å². The Morgan fingerprint density at radius 2 is 2.10 bits per heavy atom. The van der Waals surface area contributed by atoms with Crippen molar-refractivity contribution in [3.63, 3.8) is 0 Å². The minimum absolute atomic E-state index is 0.0607. The van der Waals surface area contributed by atoms with Crippen LogP contribution in [0.15, 0.2) is 35.7 Å². The quantitative estimate of drug-likeness (QED) is 0.743. The molecule has 0 spiro atoms. The molecule has 1 aromatic carbocycles. The summed E-state index contributed by atoms with van der Waals surface area (Å²) in [5.74, 6) is 0.0607. The van der Waals surface area contributed by atoms with Crippen molar-refractivity contribution < 1.29 is 4.79 Å². The number of thiophene rings is 2. The standard InChI is InChI=1S/C16H14N2OS2/c17-14-11-3-1-2-4-13(11)21-15(14)16(19)18-7-5-12-10(9-18)6-8-20-12/h1-4,6,8H,5,7,9,17H2. The lowest BCUT2D eigenvalue weighted by molar-refractivity contribution is 0.0742. The van der Waals surface area contributed by atoms with Crippen molar-refractivity contribution in [1.29, 1.82) is 0 Å². The lowest BCUT2D eigenvalue weighted by Crippen LogP contribution is -2.35. The molecule has 0 saturated heterocycles. The molecule has 0 atom stereocenters. The maximum atomic E-state index is 12.8. The summed E-state index contributed by atoms with van der Waals surface area (Å²) in [7, 11) is 0. The summed E-state index contributed by atoms with van der Waals surface area (Å²) in [5, 5.41) is 3.09. The third-order valence-electron chi connectivity index (χ3n) is 3.92. The summed E-state index contributed by atoms with van der Waals surface area (Å²) in [4.78, 5) is 16.8. The van der Waals surface area contributed by atoms with Crippen molar-refractivity contribution >= 4 is 44.4 Å². The topological polar surface area (TPSA) is 46.3 Å². The first-order valence-corrected chi connectivity index (χ1v) is 8.55. The third kappa shape index (κ3) is 2.04. The van der Waals surface area contributed by atoms with E-state index in [-0.39, 0.29) is 5.91 Å². The van der Waals surface area contributed by atoms with E-state index in [9.17, 15) is 4.79 Å². The maximum Gasteiger partial charge on any atom is 0.266 e. The summed E-state index contributed by atoms with van der Waals surface area (Å²) < 4.78 is 1.08. The Morgan fingerprint density at radius 3 is 2.95 bits per heavy atom. The fourth-order valence-electron chi connectivity index (χ4n) is 2.79. The van der Waals surface area contributed by atoms with Crippen LogP contribution in [0, 0.1) is 0 Å². The van der Waals surface area contributed by atoms with Gasteiger partial charge in [0.25, 0.3) is 5.91 Å². The molecule has 1 aliphatic rings. The van der Waals surface area contributed by atoms with E-state index in [0.717, 1.165) is 23.1 Å². The molecule has 1 amide bonds. The van der Waals surface area contributed by atoms with E-state index in [0.29, 0.717) is 17.1 Å². The molecule has 21 heavy (non-hydrogen) atoms. The summed E-state index contributed by atoms with van der Waals surface area (Å²) >= 11 is 3.28. The van der Waals surface area contributed by atoms with Crippen LogP contribution in [-0.4, -0.2) is 17.4 Å². The minimum atomic E-state index is 0.0607. The number of rotatable bonds is 1. The molecule has 0 saturated carbocycles. The highest BCUT2D eigenvalue weighted by Crippen LogP contribution is 2.35. The fourth-order valence-corrected chi connectivity index (χ4v) is 4.77. The van der Waals surface area contributed by atoms with Crippen LogP contribution >= 0.6 is 22.7 Å². The molecule has 3 aromatic rings. The van der Waals surface area contributed by atoms with Gasteiger partial charge in [-0.1, -0.05) is 18.2 Å². The molecule has 0 radical (unpaired) electrons. The van der Waals surface area contributed by atoms with Crippen LogP contribution < -0.4 is 5.73 Å². The summed E-state index contributed by atoms with van der Waals surface area (Å²) in [6.07, 6.45) is 0.948. The van der Waals surface area contributed by atoms with E-state index in [4.69, 9.17) is 5.73 Å². The first-order chi connectivity index (χ1) is 10.2. The Bertz CT molecular complexity index is 834. The maximum absolute atomic E-state index is 12.8. The van der Waals surface area contributed by atoms with Crippen molar-refractivity contribution in [3.8, 4) is 0 Å². The van der Waals surface area contributed by atoms with Gasteiger partial charge in [0.15, 0.2) is 0 Å². The van der Waals surface area contributed by atoms with Crippen LogP contribution in [0.4, 0.5) is 5.69 Å². The highest BCUT2D eigenvalue weighted by atomic mass is 32.1. The molecule has 2 aromatic heterocycles. The minimum Gasteiger partial charge on any atom is -0.397 e. The van der Waals surface area contributed by atoms with Gasteiger partial charge in [-0.3, -0.25) is 4.79 Å². The number of fused-ring (bicyclic) bond motifs is 2. The number of carbonyl (C=O) groups is 1. The lowest BCUT2D eigenvalue weighted by atomic mass is 10.1. The molecule has 4 rings (SSSR count). The second-order valence-corrected chi connectivity index (χ2v) is 7.24. The Balaban J connectivity index is 1.69. The molecule has 0 unspecified atom stereocenters. The molecule has 3 heterocycles. The Morgan fingerprint density at radius 1 is 1.24 bits per heavy atom. The Hall–Kier alpha value is -1.85. The van der Waals surface area contributed by atoms with E-state index in [1.165, 1.54) is 21.8 Å². The van der Waals surface area contributed by atoms with Crippen LogP contribution in [0.25, 0.3) is 10.1 Å². The molecular weight excluding hydrogens is 300 g/mol. The van der Waals surface area contributed by atoms with Crippen molar-refractivity contribution in [3.05, 3.63) is 51.0 Å². The Kier molecular flexibility index (Phi) is 2.97. The van der Waals surface area contributed by atoms with E-state index in [1.807, 2.05) is 29.2 Å². The molecule has 1 aliphatic heterocycles. The Labute approximate surface area is 130 Å². The number of hydrogen-bond acceptors (Lipinski definition) is 4. The third-order valence-corrected chi connectivity index (χ3v) is 6.12. The van der Waals surface area contributed by atoms with E-state index in [1.54, 1.807) is 11.3 Å². The van der Waals surface area contributed by atoms with Crippen LogP contribution in [0.3, 0.4) is 0 Å². The number of nitrogens with two attached hydrogens (primary N) is 1. The second kappa shape index (κ2) is 4.86. The molecule has 0 fully saturated rings.